The zero-order chi connectivity index (χ0) is 34.4. The van der Waals surface area contributed by atoms with Gasteiger partial charge in [0.15, 0.2) is 11.6 Å². The molecule has 2 amide bonds. The SMILES string of the molecule is CN(C)c1ncnc(N(C)C)c1N(CCCCN1CCC(NC(=O)c2ccccc2-c2ccc(C(F)(F)F)cc2)CC1)C(=O)C1CCC1. The minimum absolute atomic E-state index is 0.0111. The van der Waals surface area contributed by atoms with Crippen molar-refractivity contribution in [2.24, 2.45) is 5.92 Å². The minimum atomic E-state index is -4.41. The van der Waals surface area contributed by atoms with Crippen LogP contribution in [-0.4, -0.2) is 87.1 Å². The smallest absolute Gasteiger partial charge is 0.361 e. The molecule has 0 unspecified atom stereocenters. The van der Waals surface area contributed by atoms with Crippen LogP contribution in [0.4, 0.5) is 30.5 Å². The fourth-order valence-electron chi connectivity index (χ4n) is 6.41. The third-order valence-electron chi connectivity index (χ3n) is 9.35. The van der Waals surface area contributed by atoms with Crippen molar-refractivity contribution in [3.63, 3.8) is 0 Å². The molecule has 2 aliphatic rings. The molecule has 2 heterocycles. The first kappa shape index (κ1) is 35.1. The molecule has 0 spiro atoms. The maximum Gasteiger partial charge on any atom is 0.416 e. The monoisotopic (exact) mass is 665 g/mol. The largest absolute Gasteiger partial charge is 0.416 e. The van der Waals surface area contributed by atoms with E-state index in [1.54, 1.807) is 30.6 Å². The maximum atomic E-state index is 13.7. The Morgan fingerprint density at radius 3 is 2.06 bits per heavy atom. The van der Waals surface area contributed by atoms with Gasteiger partial charge in [-0.1, -0.05) is 36.8 Å². The van der Waals surface area contributed by atoms with Gasteiger partial charge in [0, 0.05) is 65.3 Å². The molecule has 12 heteroatoms. The molecule has 0 radical (unpaired) electrons. The van der Waals surface area contributed by atoms with Crippen LogP contribution in [0.3, 0.4) is 0 Å². The Labute approximate surface area is 281 Å². The van der Waals surface area contributed by atoms with Crippen LogP contribution >= 0.6 is 0 Å². The van der Waals surface area contributed by atoms with Gasteiger partial charge in [-0.25, -0.2) is 9.97 Å². The second kappa shape index (κ2) is 15.4. The third-order valence-corrected chi connectivity index (χ3v) is 9.35. The summed E-state index contributed by atoms with van der Waals surface area (Å²) in [6.45, 7) is 3.18. The first-order valence-electron chi connectivity index (χ1n) is 16.7. The summed E-state index contributed by atoms with van der Waals surface area (Å²) in [6.07, 6.45) is 3.43. The number of nitrogens with zero attached hydrogens (tertiary/aromatic N) is 6. The van der Waals surface area contributed by atoms with Crippen molar-refractivity contribution in [2.75, 3.05) is 69.1 Å². The van der Waals surface area contributed by atoms with Gasteiger partial charge in [0.25, 0.3) is 5.91 Å². The van der Waals surface area contributed by atoms with Gasteiger partial charge >= 0.3 is 6.18 Å². The highest BCUT2D eigenvalue weighted by Crippen LogP contribution is 2.38. The fraction of sp³-hybridized carbons (Fsp3) is 0.500. The molecular weight excluding hydrogens is 619 g/mol. The Morgan fingerprint density at radius 1 is 0.875 bits per heavy atom. The van der Waals surface area contributed by atoms with Gasteiger partial charge in [0.2, 0.25) is 5.91 Å². The maximum absolute atomic E-state index is 13.7. The van der Waals surface area contributed by atoms with Crippen LogP contribution in [0.5, 0.6) is 0 Å². The summed E-state index contributed by atoms with van der Waals surface area (Å²) >= 11 is 0. The van der Waals surface area contributed by atoms with E-state index in [9.17, 15) is 22.8 Å². The number of likely N-dealkylation sites (tertiary alicyclic amines) is 1. The molecule has 0 atom stereocenters. The average molecular weight is 666 g/mol. The van der Waals surface area contributed by atoms with E-state index < -0.39 is 11.7 Å². The molecule has 1 aromatic heterocycles. The number of halogens is 3. The summed E-state index contributed by atoms with van der Waals surface area (Å²) in [5.74, 6) is 1.43. The number of benzene rings is 2. The number of nitrogens with one attached hydrogen (secondary N) is 1. The molecule has 0 bridgehead atoms. The first-order valence-corrected chi connectivity index (χ1v) is 16.7. The third kappa shape index (κ3) is 8.26. The lowest BCUT2D eigenvalue weighted by atomic mass is 9.84. The van der Waals surface area contributed by atoms with Crippen LogP contribution in [0, 0.1) is 5.92 Å². The number of amides is 2. The van der Waals surface area contributed by atoms with Crippen LogP contribution in [-0.2, 0) is 11.0 Å². The summed E-state index contributed by atoms with van der Waals surface area (Å²) < 4.78 is 39.2. The number of hydrogen-bond donors (Lipinski definition) is 1. The summed E-state index contributed by atoms with van der Waals surface area (Å²) in [6, 6.07) is 11.9. The first-order chi connectivity index (χ1) is 22.9. The van der Waals surface area contributed by atoms with Gasteiger partial charge in [0.05, 0.1) is 5.56 Å². The number of alkyl halides is 3. The van der Waals surface area contributed by atoms with E-state index in [0.717, 1.165) is 94.0 Å². The number of anilines is 3. The molecule has 48 heavy (non-hydrogen) atoms. The molecule has 2 fully saturated rings. The fourth-order valence-corrected chi connectivity index (χ4v) is 6.41. The number of carbonyl (C=O) groups is 2. The lowest BCUT2D eigenvalue weighted by Crippen LogP contribution is -2.45. The van der Waals surface area contributed by atoms with Crippen molar-refractivity contribution in [1.82, 2.24) is 20.2 Å². The second-order valence-corrected chi connectivity index (χ2v) is 13.2. The van der Waals surface area contributed by atoms with Crippen molar-refractivity contribution in [3.05, 3.63) is 66.0 Å². The Balaban J connectivity index is 1.14. The molecule has 1 aliphatic carbocycles. The van der Waals surface area contributed by atoms with Gasteiger partial charge in [-0.2, -0.15) is 13.2 Å². The summed E-state index contributed by atoms with van der Waals surface area (Å²) in [7, 11) is 7.73. The lowest BCUT2D eigenvalue weighted by Gasteiger charge is -2.35. The number of hydrogen-bond acceptors (Lipinski definition) is 7. The highest BCUT2D eigenvalue weighted by molar-refractivity contribution is 6.02. The molecule has 1 N–H and O–H groups in total. The number of piperidine rings is 1. The lowest BCUT2D eigenvalue weighted by molar-refractivity contribution is -0.137. The van der Waals surface area contributed by atoms with E-state index in [0.29, 0.717) is 23.2 Å². The van der Waals surface area contributed by atoms with Crippen molar-refractivity contribution in [3.8, 4) is 11.1 Å². The standard InChI is InChI=1S/C36H46F3N7O2/c1-43(2)32-31(33(44(3)4)41-24-40-32)46(35(48)26-10-9-11-26)21-8-7-20-45-22-18-28(19-23-45)42-34(47)30-13-6-5-12-29(30)25-14-16-27(17-15-25)36(37,38)39/h5-6,12-17,24,26,28H,7-11,18-23H2,1-4H3,(H,42,47). The van der Waals surface area contributed by atoms with Crippen LogP contribution in [0.25, 0.3) is 11.1 Å². The minimum Gasteiger partial charge on any atom is -0.361 e. The number of carbonyl (C=O) groups excluding carboxylic acids is 2. The Morgan fingerprint density at radius 2 is 1.50 bits per heavy atom. The van der Waals surface area contributed by atoms with Crippen LogP contribution in [0.1, 0.15) is 60.9 Å². The zero-order valence-electron chi connectivity index (χ0n) is 28.3. The van der Waals surface area contributed by atoms with Gasteiger partial charge < -0.3 is 24.9 Å². The van der Waals surface area contributed by atoms with E-state index in [2.05, 4.69) is 20.2 Å². The zero-order valence-corrected chi connectivity index (χ0v) is 28.3. The summed E-state index contributed by atoms with van der Waals surface area (Å²) in [5.41, 5.74) is 1.65. The van der Waals surface area contributed by atoms with Crippen LogP contribution in [0.15, 0.2) is 54.9 Å². The molecule has 9 nitrogen and oxygen atoms in total. The van der Waals surface area contributed by atoms with E-state index in [1.807, 2.05) is 42.9 Å². The van der Waals surface area contributed by atoms with Crippen molar-refractivity contribution in [1.29, 1.82) is 0 Å². The quantitative estimate of drug-likeness (QED) is 0.234. The van der Waals surface area contributed by atoms with E-state index in [1.165, 1.54) is 12.1 Å². The van der Waals surface area contributed by atoms with Gasteiger partial charge in [-0.15, -0.1) is 0 Å². The summed E-state index contributed by atoms with van der Waals surface area (Å²) in [4.78, 5) is 44.2. The number of rotatable bonds is 12. The molecule has 5 rings (SSSR count). The molecule has 1 saturated heterocycles. The van der Waals surface area contributed by atoms with Gasteiger partial charge in [-0.3, -0.25) is 9.59 Å². The predicted octanol–water partition coefficient (Wildman–Crippen LogP) is 6.10. The van der Waals surface area contributed by atoms with Crippen molar-refractivity contribution >= 4 is 29.1 Å². The van der Waals surface area contributed by atoms with Crippen LogP contribution in [0.2, 0.25) is 0 Å². The molecule has 3 aromatic rings. The molecule has 258 valence electrons. The molecule has 2 aromatic carbocycles. The Bertz CT molecular complexity index is 1520. The molecular formula is C36H46F3N7O2. The molecule has 1 aliphatic heterocycles. The highest BCUT2D eigenvalue weighted by Gasteiger charge is 2.34. The van der Waals surface area contributed by atoms with Gasteiger partial charge in [0.1, 0.15) is 12.0 Å². The Hall–Kier alpha value is -4.19. The summed E-state index contributed by atoms with van der Waals surface area (Å²) in [5, 5.41) is 3.16. The second-order valence-electron chi connectivity index (χ2n) is 13.2. The predicted molar refractivity (Wildman–Crippen MR) is 183 cm³/mol. The Kier molecular flexibility index (Phi) is 11.2. The van der Waals surface area contributed by atoms with Crippen molar-refractivity contribution < 1.29 is 22.8 Å². The van der Waals surface area contributed by atoms with Gasteiger partial charge in [-0.05, 0) is 74.4 Å². The van der Waals surface area contributed by atoms with Crippen LogP contribution < -0.4 is 20.0 Å². The number of unbranched alkanes of at least 4 members (excludes halogenated alkanes) is 1. The number of aromatic nitrogens is 2. The topological polar surface area (TPSA) is 84.9 Å². The normalized spacial score (nSPS) is 15.9. The highest BCUT2D eigenvalue weighted by atomic mass is 19.4. The van der Waals surface area contributed by atoms with E-state index in [-0.39, 0.29) is 23.8 Å². The van der Waals surface area contributed by atoms with E-state index in [4.69, 9.17) is 0 Å². The van der Waals surface area contributed by atoms with E-state index >= 15 is 0 Å². The average Bonchev–Trinajstić information content (AvgIpc) is 3.04. The molecule has 1 saturated carbocycles. The van der Waals surface area contributed by atoms with Crippen molar-refractivity contribution in [2.45, 2.75) is 57.2 Å².